The molecule has 3 heterocycles. The van der Waals surface area contributed by atoms with E-state index in [9.17, 15) is 9.59 Å². The number of carbonyl (C=O) groups is 2. The summed E-state index contributed by atoms with van der Waals surface area (Å²) in [6, 6.07) is 12.1. The number of aromatic nitrogens is 3. The van der Waals surface area contributed by atoms with Gasteiger partial charge in [-0.05, 0) is 35.4 Å². The fourth-order valence-corrected chi connectivity index (χ4v) is 3.76. The maximum atomic E-state index is 12.1. The molecule has 7 nitrogen and oxygen atoms in total. The quantitative estimate of drug-likeness (QED) is 0.440. The molecule has 3 aromatic heterocycles. The normalized spacial score (nSPS) is 10.9. The van der Waals surface area contributed by atoms with Crippen LogP contribution in [-0.2, 0) is 17.9 Å². The van der Waals surface area contributed by atoms with Gasteiger partial charge in [-0.3, -0.25) is 14.3 Å². The standard InChI is InChI=1S/C21H21N5O2S/c27-20(22-8-3-9-25-10-6-16-4-1-2-5-19(16)25)14-26-13-18(12-23-26)24-21(28)17-7-11-29-15-17/h1-2,4-7,10-13,15H,3,8-9,14H2,(H,22,27)(H,24,28). The van der Waals surface area contributed by atoms with Crippen LogP contribution in [0.4, 0.5) is 5.69 Å². The van der Waals surface area contributed by atoms with E-state index in [1.165, 1.54) is 33.1 Å². The van der Waals surface area contributed by atoms with Crippen molar-refractivity contribution in [2.45, 2.75) is 19.5 Å². The summed E-state index contributed by atoms with van der Waals surface area (Å²) in [5.74, 6) is -0.297. The highest BCUT2D eigenvalue weighted by Crippen LogP contribution is 2.15. The summed E-state index contributed by atoms with van der Waals surface area (Å²) < 4.78 is 3.70. The number of nitrogens with one attached hydrogen (secondary N) is 2. The monoisotopic (exact) mass is 407 g/mol. The maximum absolute atomic E-state index is 12.1. The second-order valence-electron chi connectivity index (χ2n) is 6.66. The Morgan fingerprint density at radius 2 is 2.03 bits per heavy atom. The summed E-state index contributed by atoms with van der Waals surface area (Å²) >= 11 is 1.46. The van der Waals surface area contributed by atoms with E-state index >= 15 is 0 Å². The predicted molar refractivity (Wildman–Crippen MR) is 114 cm³/mol. The Morgan fingerprint density at radius 3 is 2.90 bits per heavy atom. The minimum Gasteiger partial charge on any atom is -0.354 e. The van der Waals surface area contributed by atoms with E-state index in [1.807, 2.05) is 17.5 Å². The van der Waals surface area contributed by atoms with E-state index in [2.05, 4.69) is 44.7 Å². The highest BCUT2D eigenvalue weighted by Gasteiger charge is 2.09. The van der Waals surface area contributed by atoms with E-state index in [1.54, 1.807) is 17.6 Å². The van der Waals surface area contributed by atoms with Crippen molar-refractivity contribution in [2.24, 2.45) is 0 Å². The van der Waals surface area contributed by atoms with Crippen molar-refractivity contribution in [2.75, 3.05) is 11.9 Å². The van der Waals surface area contributed by atoms with E-state index in [-0.39, 0.29) is 18.4 Å². The molecule has 1 aromatic carbocycles. The third-order valence-corrected chi connectivity index (χ3v) is 5.24. The number of thiophene rings is 1. The maximum Gasteiger partial charge on any atom is 0.256 e. The number of fused-ring (bicyclic) bond motifs is 1. The average molecular weight is 407 g/mol. The number of carbonyl (C=O) groups excluding carboxylic acids is 2. The van der Waals surface area contributed by atoms with Gasteiger partial charge in [0.25, 0.3) is 5.91 Å². The first kappa shape index (κ1) is 18.9. The lowest BCUT2D eigenvalue weighted by atomic mass is 10.2. The zero-order valence-electron chi connectivity index (χ0n) is 15.7. The smallest absolute Gasteiger partial charge is 0.256 e. The van der Waals surface area contributed by atoms with E-state index < -0.39 is 0 Å². The number of hydrogen-bond donors (Lipinski definition) is 2. The first-order valence-corrected chi connectivity index (χ1v) is 10.3. The molecule has 0 aliphatic heterocycles. The number of para-hydroxylation sites is 1. The predicted octanol–water partition coefficient (Wildman–Crippen LogP) is 3.36. The number of amides is 2. The van der Waals surface area contributed by atoms with Crippen LogP contribution in [-0.4, -0.2) is 32.7 Å². The Kier molecular flexibility index (Phi) is 5.71. The van der Waals surface area contributed by atoms with E-state index in [0.717, 1.165) is 13.0 Å². The fraction of sp³-hybridized carbons (Fsp3) is 0.190. The summed E-state index contributed by atoms with van der Waals surface area (Å²) in [7, 11) is 0. The summed E-state index contributed by atoms with van der Waals surface area (Å²) in [6.45, 7) is 1.55. The summed E-state index contributed by atoms with van der Waals surface area (Å²) in [4.78, 5) is 24.2. The second kappa shape index (κ2) is 8.74. The first-order valence-electron chi connectivity index (χ1n) is 9.35. The van der Waals surface area contributed by atoms with Crippen molar-refractivity contribution in [3.8, 4) is 0 Å². The molecule has 4 rings (SSSR count). The summed E-state index contributed by atoms with van der Waals surface area (Å²) in [5, 5.41) is 14.7. The Bertz CT molecular complexity index is 1110. The van der Waals surface area contributed by atoms with Crippen molar-refractivity contribution in [3.63, 3.8) is 0 Å². The van der Waals surface area contributed by atoms with Gasteiger partial charge >= 0.3 is 0 Å². The third kappa shape index (κ3) is 4.72. The topological polar surface area (TPSA) is 80.9 Å². The molecule has 0 radical (unpaired) electrons. The van der Waals surface area contributed by atoms with Crippen LogP contribution < -0.4 is 10.6 Å². The first-order chi connectivity index (χ1) is 14.2. The molecule has 0 aliphatic rings. The van der Waals surface area contributed by atoms with E-state index in [0.29, 0.717) is 17.8 Å². The van der Waals surface area contributed by atoms with Crippen LogP contribution >= 0.6 is 11.3 Å². The molecule has 0 unspecified atom stereocenters. The molecule has 8 heteroatoms. The highest BCUT2D eigenvalue weighted by molar-refractivity contribution is 7.08. The zero-order chi connectivity index (χ0) is 20.1. The number of aryl methyl sites for hydroxylation is 1. The van der Waals surface area contributed by atoms with Gasteiger partial charge < -0.3 is 15.2 Å². The van der Waals surface area contributed by atoms with Crippen molar-refractivity contribution < 1.29 is 9.59 Å². The van der Waals surface area contributed by atoms with Gasteiger partial charge in [0.05, 0.1) is 17.4 Å². The molecule has 0 spiro atoms. The van der Waals surface area contributed by atoms with Crippen LogP contribution in [0.3, 0.4) is 0 Å². The van der Waals surface area contributed by atoms with Crippen LogP contribution in [0.1, 0.15) is 16.8 Å². The molecule has 0 atom stereocenters. The zero-order valence-corrected chi connectivity index (χ0v) is 16.6. The van der Waals surface area contributed by atoms with Gasteiger partial charge in [-0.2, -0.15) is 16.4 Å². The molecule has 0 saturated carbocycles. The Morgan fingerprint density at radius 1 is 1.14 bits per heavy atom. The van der Waals surface area contributed by atoms with Crippen molar-refractivity contribution in [1.29, 1.82) is 0 Å². The molecule has 2 amide bonds. The van der Waals surface area contributed by atoms with Crippen molar-refractivity contribution in [1.82, 2.24) is 19.7 Å². The largest absolute Gasteiger partial charge is 0.354 e. The molecular weight excluding hydrogens is 386 g/mol. The Labute approximate surface area is 172 Å². The summed E-state index contributed by atoms with van der Waals surface area (Å²) in [5.41, 5.74) is 2.37. The molecule has 0 bridgehead atoms. The lowest BCUT2D eigenvalue weighted by Gasteiger charge is -2.07. The number of benzene rings is 1. The third-order valence-electron chi connectivity index (χ3n) is 4.56. The fourth-order valence-electron chi connectivity index (χ4n) is 3.13. The molecule has 148 valence electrons. The summed E-state index contributed by atoms with van der Waals surface area (Å²) in [6.07, 6.45) is 6.10. The SMILES string of the molecule is O=C(Cn1cc(NC(=O)c2ccsc2)cn1)NCCCn1ccc2ccccc21. The van der Waals surface area contributed by atoms with Crippen molar-refractivity contribution >= 4 is 39.7 Å². The Hall–Kier alpha value is -3.39. The highest BCUT2D eigenvalue weighted by atomic mass is 32.1. The second-order valence-corrected chi connectivity index (χ2v) is 7.44. The van der Waals surface area contributed by atoms with Crippen LogP contribution in [0, 0.1) is 0 Å². The Balaban J connectivity index is 1.21. The van der Waals surface area contributed by atoms with Crippen LogP contribution in [0.5, 0.6) is 0 Å². The van der Waals surface area contributed by atoms with Crippen LogP contribution in [0.2, 0.25) is 0 Å². The van der Waals surface area contributed by atoms with Gasteiger partial charge in [0.2, 0.25) is 5.91 Å². The number of hydrogen-bond acceptors (Lipinski definition) is 4. The molecule has 2 N–H and O–H groups in total. The van der Waals surface area contributed by atoms with E-state index in [4.69, 9.17) is 0 Å². The van der Waals surface area contributed by atoms with Gasteiger partial charge in [-0.15, -0.1) is 0 Å². The van der Waals surface area contributed by atoms with Gasteiger partial charge in [0, 0.05) is 36.4 Å². The lowest BCUT2D eigenvalue weighted by Crippen LogP contribution is -2.29. The van der Waals surface area contributed by atoms with Crippen molar-refractivity contribution in [3.05, 3.63) is 71.3 Å². The van der Waals surface area contributed by atoms with Crippen LogP contribution in [0.25, 0.3) is 10.9 Å². The lowest BCUT2D eigenvalue weighted by molar-refractivity contribution is -0.121. The van der Waals surface area contributed by atoms with Gasteiger partial charge in [-0.25, -0.2) is 0 Å². The number of rotatable bonds is 8. The van der Waals surface area contributed by atoms with Gasteiger partial charge in [0.1, 0.15) is 6.54 Å². The van der Waals surface area contributed by atoms with Gasteiger partial charge in [0.15, 0.2) is 0 Å². The molecule has 0 saturated heterocycles. The molecular formula is C21H21N5O2S. The minimum absolute atomic E-state index is 0.110. The van der Waals surface area contributed by atoms with Gasteiger partial charge in [-0.1, -0.05) is 18.2 Å². The molecule has 29 heavy (non-hydrogen) atoms. The molecule has 0 fully saturated rings. The average Bonchev–Trinajstić information content (AvgIpc) is 3.47. The minimum atomic E-state index is -0.187. The number of nitrogens with zero attached hydrogens (tertiary/aromatic N) is 3. The number of anilines is 1. The molecule has 4 aromatic rings. The molecule has 0 aliphatic carbocycles. The van der Waals surface area contributed by atoms with Crippen LogP contribution in [0.15, 0.2) is 65.7 Å².